The predicted molar refractivity (Wildman–Crippen MR) is 196 cm³/mol. The molecule has 0 spiro atoms. The van der Waals surface area contributed by atoms with Gasteiger partial charge in [-0.1, -0.05) is 32.0 Å². The number of carbonyl (C=O) groups excluding carboxylic acids is 6. The second kappa shape index (κ2) is 18.1. The van der Waals surface area contributed by atoms with Gasteiger partial charge in [0.15, 0.2) is 0 Å². The first kappa shape index (κ1) is 40.9. The minimum absolute atomic E-state index is 0. The number of thiazole rings is 1. The van der Waals surface area contributed by atoms with Gasteiger partial charge in [-0.2, -0.15) is 0 Å². The number of fused-ring (bicyclic) bond motifs is 3. The summed E-state index contributed by atoms with van der Waals surface area (Å²) in [5.74, 6) is -2.91. The zero-order valence-electron chi connectivity index (χ0n) is 29.7. The van der Waals surface area contributed by atoms with Crippen LogP contribution in [0.4, 0.5) is 0 Å². The number of aromatic amines is 1. The fourth-order valence-electron chi connectivity index (χ4n) is 5.79. The molecule has 1 aliphatic rings. The van der Waals surface area contributed by atoms with Crippen LogP contribution in [0.15, 0.2) is 35.8 Å². The minimum atomic E-state index is -1.07. The fourth-order valence-corrected chi connectivity index (χ4v) is 6.65. The lowest BCUT2D eigenvalue weighted by Gasteiger charge is -2.29. The van der Waals surface area contributed by atoms with E-state index in [4.69, 9.17) is 5.73 Å². The van der Waals surface area contributed by atoms with E-state index in [2.05, 4.69) is 25.9 Å². The molecule has 3 aromatic rings. The molecule has 1 aliphatic heterocycles. The lowest BCUT2D eigenvalue weighted by Crippen LogP contribution is -2.53. The van der Waals surface area contributed by atoms with Gasteiger partial charge in [-0.25, -0.2) is 4.98 Å². The molecule has 4 rings (SSSR count). The number of rotatable bonds is 5. The number of nitrogens with one attached hydrogen (secondary N) is 4. The molecular weight excluding hydrogens is 698 g/mol. The minimum Gasteiger partial charge on any atom is -0.361 e. The highest BCUT2D eigenvalue weighted by Gasteiger charge is 2.30. The number of halogens is 1. The summed E-state index contributed by atoms with van der Waals surface area (Å²) in [6.45, 7) is 6.41. The van der Waals surface area contributed by atoms with Crippen molar-refractivity contribution in [2.45, 2.75) is 64.7 Å². The lowest BCUT2D eigenvalue weighted by molar-refractivity contribution is -0.139. The van der Waals surface area contributed by atoms with Crippen LogP contribution in [0.2, 0.25) is 0 Å². The summed E-state index contributed by atoms with van der Waals surface area (Å²) < 4.78 is 0. The Morgan fingerprint density at radius 1 is 0.941 bits per heavy atom. The van der Waals surface area contributed by atoms with Crippen LogP contribution in [0.3, 0.4) is 0 Å². The highest BCUT2D eigenvalue weighted by molar-refractivity contribution is 7.09. The molecule has 0 aliphatic carbocycles. The van der Waals surface area contributed by atoms with E-state index < -0.39 is 59.6 Å². The number of nitrogens with two attached hydrogens (primary N) is 1. The van der Waals surface area contributed by atoms with E-state index in [-0.39, 0.29) is 56.6 Å². The summed E-state index contributed by atoms with van der Waals surface area (Å²) in [6, 6.07) is 4.11. The highest BCUT2D eigenvalue weighted by atomic mass is 35.5. The van der Waals surface area contributed by atoms with Crippen molar-refractivity contribution in [1.29, 1.82) is 0 Å². The van der Waals surface area contributed by atoms with E-state index in [1.807, 2.05) is 38.1 Å². The number of aromatic nitrogens is 2. The maximum Gasteiger partial charge on any atom is 0.271 e. The molecule has 3 heterocycles. The van der Waals surface area contributed by atoms with Crippen LogP contribution in [0.25, 0.3) is 10.9 Å². The molecular formula is C34H48ClN9O6S. The molecule has 0 radical (unpaired) electrons. The average Bonchev–Trinajstić information content (AvgIpc) is 3.72. The standard InChI is InChI=1S/C34H47N9O6S.ClH/c1-19(2)13-25-31-40-27(18-50-31)30(46)39-26(14-22-15-36-24-10-8-7-9-23(22)24)34(49)42(6)16-28(44)37-21(4)33(48)41(5)11-12-43(17-29(45)38-25)32(47)20(3)35;/h7-10,15,18-21,25-26,36H,11-14,16-17,35H2,1-6H3,(H,37,44)(H,38,45)(H,39,46);1H/t20-,21-,25-,26+;/m0./s1. The van der Waals surface area contributed by atoms with Gasteiger partial charge in [0.25, 0.3) is 5.91 Å². The Balaban J connectivity index is 0.00000702. The van der Waals surface area contributed by atoms with Gasteiger partial charge < -0.3 is 41.4 Å². The quantitative estimate of drug-likeness (QED) is 0.256. The number of likely N-dealkylation sites (N-methyl/N-ethyl adjacent to an activating group) is 2. The molecule has 17 heteroatoms. The summed E-state index contributed by atoms with van der Waals surface area (Å²) >= 11 is 1.20. The van der Waals surface area contributed by atoms with Crippen LogP contribution in [0, 0.1) is 5.92 Å². The van der Waals surface area contributed by atoms with Crippen molar-refractivity contribution in [2.75, 3.05) is 40.3 Å². The molecule has 278 valence electrons. The Morgan fingerprint density at radius 3 is 2.31 bits per heavy atom. The number of amides is 6. The Hall–Kier alpha value is -4.54. The van der Waals surface area contributed by atoms with Gasteiger partial charge in [0.1, 0.15) is 22.8 Å². The van der Waals surface area contributed by atoms with Crippen LogP contribution in [-0.4, -0.2) is 119 Å². The third-order valence-electron chi connectivity index (χ3n) is 8.42. The maximum absolute atomic E-state index is 13.9. The van der Waals surface area contributed by atoms with E-state index in [1.165, 1.54) is 54.0 Å². The number of para-hydroxylation sites is 1. The number of benzene rings is 1. The average molecular weight is 746 g/mol. The highest BCUT2D eigenvalue weighted by Crippen LogP contribution is 2.25. The molecule has 6 amide bonds. The van der Waals surface area contributed by atoms with Crippen molar-refractivity contribution in [3.63, 3.8) is 0 Å². The Kier molecular flexibility index (Phi) is 14.5. The van der Waals surface area contributed by atoms with E-state index in [0.29, 0.717) is 11.4 Å². The van der Waals surface area contributed by atoms with E-state index in [9.17, 15) is 28.8 Å². The maximum atomic E-state index is 13.9. The zero-order chi connectivity index (χ0) is 36.7. The van der Waals surface area contributed by atoms with Gasteiger partial charge in [0.05, 0.1) is 25.2 Å². The summed E-state index contributed by atoms with van der Waals surface area (Å²) in [6.07, 6.45) is 2.41. The van der Waals surface area contributed by atoms with Crippen molar-refractivity contribution in [1.82, 2.24) is 40.6 Å². The normalized spacial score (nSPS) is 21.1. The first-order chi connectivity index (χ1) is 23.6. The van der Waals surface area contributed by atoms with Gasteiger partial charge in [-0.3, -0.25) is 28.8 Å². The number of H-pyrrole nitrogens is 1. The molecule has 0 saturated heterocycles. The summed E-state index contributed by atoms with van der Waals surface area (Å²) in [5.41, 5.74) is 7.61. The van der Waals surface area contributed by atoms with Gasteiger partial charge in [0.2, 0.25) is 29.5 Å². The Labute approximate surface area is 307 Å². The van der Waals surface area contributed by atoms with Crippen LogP contribution in [0.1, 0.15) is 61.2 Å². The van der Waals surface area contributed by atoms with Crippen LogP contribution >= 0.6 is 23.7 Å². The van der Waals surface area contributed by atoms with E-state index >= 15 is 0 Å². The summed E-state index contributed by atoms with van der Waals surface area (Å²) in [7, 11) is 2.98. The molecule has 0 unspecified atom stereocenters. The summed E-state index contributed by atoms with van der Waals surface area (Å²) in [4.78, 5) is 91.7. The second-order valence-corrected chi connectivity index (χ2v) is 14.1. The molecule has 1 aromatic carbocycles. The number of nitrogens with zero attached hydrogens (tertiary/aromatic N) is 4. The van der Waals surface area contributed by atoms with Crippen molar-refractivity contribution >= 4 is 70.1 Å². The number of hydrogen-bond acceptors (Lipinski definition) is 9. The second-order valence-electron chi connectivity index (χ2n) is 13.2. The van der Waals surface area contributed by atoms with E-state index in [1.54, 1.807) is 11.6 Å². The number of hydrogen-bond donors (Lipinski definition) is 5. The third kappa shape index (κ3) is 10.7. The molecule has 4 atom stereocenters. The van der Waals surface area contributed by atoms with Crippen molar-refractivity contribution in [2.24, 2.45) is 11.7 Å². The monoisotopic (exact) mass is 745 g/mol. The summed E-state index contributed by atoms with van der Waals surface area (Å²) in [5, 5.41) is 11.4. The molecule has 15 nitrogen and oxygen atoms in total. The molecule has 2 aromatic heterocycles. The molecule has 51 heavy (non-hydrogen) atoms. The van der Waals surface area contributed by atoms with Crippen molar-refractivity contribution in [3.05, 3.63) is 52.1 Å². The molecule has 0 fully saturated rings. The first-order valence-corrected chi connectivity index (χ1v) is 17.5. The van der Waals surface area contributed by atoms with Crippen LogP contribution < -0.4 is 21.7 Å². The largest absolute Gasteiger partial charge is 0.361 e. The lowest BCUT2D eigenvalue weighted by atomic mass is 10.0. The number of carbonyl (C=O) groups is 6. The van der Waals surface area contributed by atoms with E-state index in [0.717, 1.165) is 16.5 Å². The van der Waals surface area contributed by atoms with Crippen LogP contribution in [0.5, 0.6) is 0 Å². The first-order valence-electron chi connectivity index (χ1n) is 16.6. The van der Waals surface area contributed by atoms with Crippen LogP contribution in [-0.2, 0) is 30.4 Å². The smallest absolute Gasteiger partial charge is 0.271 e. The topological polar surface area (TPSA) is 203 Å². The molecule has 6 N–H and O–H groups in total. The van der Waals surface area contributed by atoms with Gasteiger partial charge in [-0.05, 0) is 37.8 Å². The predicted octanol–water partition coefficient (Wildman–Crippen LogP) is 1.20. The fraction of sp³-hybridized carbons (Fsp3) is 0.500. The molecule has 0 saturated carbocycles. The van der Waals surface area contributed by atoms with Gasteiger partial charge in [0, 0.05) is 56.1 Å². The van der Waals surface area contributed by atoms with Crippen molar-refractivity contribution in [3.8, 4) is 0 Å². The van der Waals surface area contributed by atoms with Gasteiger partial charge >= 0.3 is 0 Å². The Bertz CT molecular complexity index is 1730. The van der Waals surface area contributed by atoms with Crippen molar-refractivity contribution < 1.29 is 28.8 Å². The zero-order valence-corrected chi connectivity index (χ0v) is 31.4. The SMILES string of the molecule is CC(C)C[C@@H]1NC(=O)CN(C(=O)[C@H](C)N)CCN(C)C(=O)[C@H](C)NC(=O)CN(C)C(=O)[C@@H](Cc2c[nH]c3ccccc23)NC(=O)c2csc1n2.Cl. The Morgan fingerprint density at radius 2 is 1.63 bits per heavy atom. The third-order valence-corrected chi connectivity index (χ3v) is 9.38. The van der Waals surface area contributed by atoms with Gasteiger partial charge in [-0.15, -0.1) is 23.7 Å². The molecule has 2 bridgehead atoms.